The summed E-state index contributed by atoms with van der Waals surface area (Å²) >= 11 is 5.13. The van der Waals surface area contributed by atoms with Gasteiger partial charge in [-0.25, -0.2) is 4.98 Å². The Bertz CT molecular complexity index is 506. The van der Waals surface area contributed by atoms with E-state index in [0.717, 1.165) is 42.3 Å². The molecule has 0 radical (unpaired) electrons. The molecule has 0 spiro atoms. The lowest BCUT2D eigenvalue weighted by atomic mass is 10.1. The van der Waals surface area contributed by atoms with E-state index in [0.29, 0.717) is 11.5 Å². The van der Waals surface area contributed by atoms with E-state index in [1.165, 1.54) is 0 Å². The summed E-state index contributed by atoms with van der Waals surface area (Å²) in [4.78, 5) is 7.15. The number of hydrogen-bond donors (Lipinski definition) is 2. The number of nitrogens with zero attached hydrogens (tertiary/aromatic N) is 2. The van der Waals surface area contributed by atoms with Crippen molar-refractivity contribution in [1.82, 2.24) is 9.88 Å². The molecule has 0 amide bonds. The molecule has 0 aromatic carbocycles. The van der Waals surface area contributed by atoms with Crippen LogP contribution in [0.15, 0.2) is 6.07 Å². The second-order valence-corrected chi connectivity index (χ2v) is 5.74. The predicted octanol–water partition coefficient (Wildman–Crippen LogP) is 1.08. The van der Waals surface area contributed by atoms with Gasteiger partial charge in [0.2, 0.25) is 0 Å². The van der Waals surface area contributed by atoms with E-state index in [9.17, 15) is 0 Å². The molecule has 2 rings (SSSR count). The molecule has 1 saturated heterocycles. The SMILES string of the molecule is Cc1cc(C)c(C(N)=S)c(NCC2CN(C)CCO2)n1. The Morgan fingerprint density at radius 2 is 2.35 bits per heavy atom. The molecule has 6 heteroatoms. The molecule has 5 nitrogen and oxygen atoms in total. The summed E-state index contributed by atoms with van der Waals surface area (Å²) in [5.41, 5.74) is 8.64. The molecule has 110 valence electrons. The van der Waals surface area contributed by atoms with Gasteiger partial charge in [0, 0.05) is 25.3 Å². The van der Waals surface area contributed by atoms with Crippen LogP contribution in [0.1, 0.15) is 16.8 Å². The van der Waals surface area contributed by atoms with Gasteiger partial charge in [-0.2, -0.15) is 0 Å². The Hall–Kier alpha value is -1.24. The van der Waals surface area contributed by atoms with Gasteiger partial charge in [-0.1, -0.05) is 12.2 Å². The number of ether oxygens (including phenoxy) is 1. The molecule has 1 aliphatic heterocycles. The largest absolute Gasteiger partial charge is 0.389 e. The average Bonchev–Trinajstić information content (AvgIpc) is 2.35. The van der Waals surface area contributed by atoms with Crippen LogP contribution < -0.4 is 11.1 Å². The quantitative estimate of drug-likeness (QED) is 0.810. The maximum Gasteiger partial charge on any atom is 0.136 e. The van der Waals surface area contributed by atoms with Crippen LogP contribution in [0.3, 0.4) is 0 Å². The van der Waals surface area contributed by atoms with E-state index in [2.05, 4.69) is 22.2 Å². The van der Waals surface area contributed by atoms with Crippen molar-refractivity contribution in [3.63, 3.8) is 0 Å². The van der Waals surface area contributed by atoms with Gasteiger partial charge in [0.05, 0.1) is 18.3 Å². The van der Waals surface area contributed by atoms with Crippen LogP contribution in [-0.2, 0) is 4.74 Å². The molecule has 1 aliphatic rings. The molecule has 3 N–H and O–H groups in total. The molecule has 0 saturated carbocycles. The normalized spacial score (nSPS) is 19.9. The molecular formula is C14H22N4OS. The second kappa shape index (κ2) is 6.47. The highest BCUT2D eigenvalue weighted by molar-refractivity contribution is 7.80. The Kier molecular flexibility index (Phi) is 4.91. The number of aromatic nitrogens is 1. The smallest absolute Gasteiger partial charge is 0.136 e. The first kappa shape index (κ1) is 15.2. The standard InChI is InChI=1S/C14H22N4OS/c1-9-6-10(2)17-14(12(9)13(15)20)16-7-11-8-18(3)4-5-19-11/h6,11H,4-5,7-8H2,1-3H3,(H2,15,20)(H,16,17). The Labute approximate surface area is 125 Å². The molecule has 1 unspecified atom stereocenters. The summed E-state index contributed by atoms with van der Waals surface area (Å²) in [5, 5.41) is 3.34. The van der Waals surface area contributed by atoms with Crippen LogP contribution in [0.4, 0.5) is 5.82 Å². The Morgan fingerprint density at radius 3 is 3.00 bits per heavy atom. The van der Waals surface area contributed by atoms with Crippen molar-refractivity contribution in [3.8, 4) is 0 Å². The summed E-state index contributed by atoms with van der Waals surface area (Å²) in [5.74, 6) is 0.756. The summed E-state index contributed by atoms with van der Waals surface area (Å²) < 4.78 is 5.73. The number of rotatable bonds is 4. The molecule has 0 aliphatic carbocycles. The number of nitrogens with one attached hydrogen (secondary N) is 1. The van der Waals surface area contributed by atoms with E-state index in [1.807, 2.05) is 19.9 Å². The molecular weight excluding hydrogens is 272 g/mol. The van der Waals surface area contributed by atoms with Crippen LogP contribution in [0.2, 0.25) is 0 Å². The lowest BCUT2D eigenvalue weighted by Crippen LogP contribution is -2.43. The maximum atomic E-state index is 5.81. The zero-order chi connectivity index (χ0) is 14.7. The third kappa shape index (κ3) is 3.65. The van der Waals surface area contributed by atoms with E-state index in [-0.39, 0.29) is 6.10 Å². The van der Waals surface area contributed by atoms with Crippen LogP contribution in [-0.4, -0.2) is 54.3 Å². The van der Waals surface area contributed by atoms with Gasteiger partial charge in [-0.3, -0.25) is 0 Å². The van der Waals surface area contributed by atoms with Gasteiger partial charge in [-0.15, -0.1) is 0 Å². The lowest BCUT2D eigenvalue weighted by molar-refractivity contribution is -0.0117. The summed E-state index contributed by atoms with van der Waals surface area (Å²) in [6.07, 6.45) is 0.163. The number of pyridine rings is 1. The van der Waals surface area contributed by atoms with E-state index in [4.69, 9.17) is 22.7 Å². The fourth-order valence-electron chi connectivity index (χ4n) is 2.48. The van der Waals surface area contributed by atoms with Crippen LogP contribution >= 0.6 is 12.2 Å². The van der Waals surface area contributed by atoms with E-state index >= 15 is 0 Å². The maximum absolute atomic E-state index is 5.81. The highest BCUT2D eigenvalue weighted by Crippen LogP contribution is 2.19. The van der Waals surface area contributed by atoms with Gasteiger partial charge in [0.25, 0.3) is 0 Å². The number of aryl methyl sites for hydroxylation is 2. The third-order valence-corrected chi connectivity index (χ3v) is 3.63. The van der Waals surface area contributed by atoms with E-state index in [1.54, 1.807) is 0 Å². The lowest BCUT2D eigenvalue weighted by Gasteiger charge is -2.30. The summed E-state index contributed by atoms with van der Waals surface area (Å²) in [6.45, 7) is 7.34. The minimum absolute atomic E-state index is 0.163. The fourth-order valence-corrected chi connectivity index (χ4v) is 2.73. The van der Waals surface area contributed by atoms with Crippen LogP contribution in [0.25, 0.3) is 0 Å². The molecule has 2 heterocycles. The molecule has 1 atom stereocenters. The zero-order valence-corrected chi connectivity index (χ0v) is 13.1. The zero-order valence-electron chi connectivity index (χ0n) is 12.3. The van der Waals surface area contributed by atoms with Crippen molar-refractivity contribution in [3.05, 3.63) is 22.9 Å². The van der Waals surface area contributed by atoms with Crippen LogP contribution in [0.5, 0.6) is 0 Å². The van der Waals surface area contributed by atoms with Crippen molar-refractivity contribution in [2.45, 2.75) is 20.0 Å². The van der Waals surface area contributed by atoms with Crippen molar-refractivity contribution >= 4 is 23.0 Å². The Balaban J connectivity index is 2.10. The molecule has 1 aromatic heterocycles. The first-order chi connectivity index (χ1) is 9.47. The number of anilines is 1. The number of morpholine rings is 1. The van der Waals surface area contributed by atoms with Crippen LogP contribution in [0, 0.1) is 13.8 Å². The van der Waals surface area contributed by atoms with Gasteiger partial charge >= 0.3 is 0 Å². The van der Waals surface area contributed by atoms with Gasteiger partial charge in [0.15, 0.2) is 0 Å². The minimum Gasteiger partial charge on any atom is -0.389 e. The highest BCUT2D eigenvalue weighted by Gasteiger charge is 2.19. The third-order valence-electron chi connectivity index (χ3n) is 3.43. The molecule has 20 heavy (non-hydrogen) atoms. The summed E-state index contributed by atoms with van der Waals surface area (Å²) in [7, 11) is 2.10. The number of nitrogens with two attached hydrogens (primary N) is 1. The van der Waals surface area contributed by atoms with Gasteiger partial charge < -0.3 is 20.7 Å². The minimum atomic E-state index is 0.163. The average molecular weight is 294 g/mol. The number of hydrogen-bond acceptors (Lipinski definition) is 5. The van der Waals surface area contributed by atoms with Crippen molar-refractivity contribution < 1.29 is 4.74 Å². The molecule has 1 aromatic rings. The highest BCUT2D eigenvalue weighted by atomic mass is 32.1. The topological polar surface area (TPSA) is 63.4 Å². The van der Waals surface area contributed by atoms with Gasteiger partial charge in [-0.05, 0) is 32.5 Å². The first-order valence-electron chi connectivity index (χ1n) is 6.79. The fraction of sp³-hybridized carbons (Fsp3) is 0.571. The monoisotopic (exact) mass is 294 g/mol. The van der Waals surface area contributed by atoms with E-state index < -0.39 is 0 Å². The summed E-state index contributed by atoms with van der Waals surface area (Å²) in [6, 6.07) is 1.99. The number of likely N-dealkylation sites (N-methyl/N-ethyl adjacent to an activating group) is 1. The Morgan fingerprint density at radius 1 is 1.60 bits per heavy atom. The first-order valence-corrected chi connectivity index (χ1v) is 7.20. The number of thiocarbonyl (C=S) groups is 1. The van der Waals surface area contributed by atoms with Crippen molar-refractivity contribution in [1.29, 1.82) is 0 Å². The molecule has 1 fully saturated rings. The van der Waals surface area contributed by atoms with Crippen molar-refractivity contribution in [2.24, 2.45) is 5.73 Å². The molecule has 0 bridgehead atoms. The second-order valence-electron chi connectivity index (χ2n) is 5.30. The van der Waals surface area contributed by atoms with Crippen molar-refractivity contribution in [2.75, 3.05) is 38.6 Å². The van der Waals surface area contributed by atoms with Gasteiger partial charge in [0.1, 0.15) is 10.8 Å². The predicted molar refractivity (Wildman–Crippen MR) is 85.3 cm³/mol.